The quantitative estimate of drug-likeness (QED) is 0.135. The molecule has 2 saturated heterocycles. The molecule has 2 bridgehead atoms. The van der Waals surface area contributed by atoms with Gasteiger partial charge in [0.15, 0.2) is 5.78 Å². The molecule has 0 aromatic carbocycles. The highest BCUT2D eigenvalue weighted by Gasteiger charge is 2.53. The third kappa shape index (κ3) is 13.1. The number of esters is 1. The van der Waals surface area contributed by atoms with E-state index in [1.54, 1.807) is 52.0 Å². The third-order valence-corrected chi connectivity index (χ3v) is 13.5. The van der Waals surface area contributed by atoms with Gasteiger partial charge in [0, 0.05) is 37.1 Å². The number of cyclic esters (lactones) is 1. The Labute approximate surface area is 360 Å². The standard InChI is InChI=1S/C47H71NO13/c1-26-12-9-8-10-13-27(2)37(50)24-34-17-15-32(7)47(59,61-34)44(56)45(57)48-19-11-14-35(48)46(58)60-40(29(4)22-33-16-18-36(49)39(52)23-33)25-38(51)28(3)21-31(6)42(54)43(55)41(53)30(5)20-26/h8-10,12-13,21,26,28-30,32-37,39-40,42-43,49-50,52,54-55,59H,11,14-20,22-25H2,1-7H3/b10-8+,12-9+,27-13+,31-21+/t26-,28-,29-,30-,32-,33+,34+,35?,36-,37+,39-,40+,42-,43+,47-/m1/s1. The minimum atomic E-state index is -2.49. The molecule has 0 aromatic heterocycles. The number of aliphatic hydroxyl groups is 6. The molecule has 4 rings (SSSR count). The second-order valence-electron chi connectivity index (χ2n) is 18.6. The van der Waals surface area contributed by atoms with Crippen LogP contribution in [0.5, 0.6) is 0 Å². The molecule has 4 aliphatic rings. The number of carbonyl (C=O) groups excluding carboxylic acids is 5. The average Bonchev–Trinajstić information content (AvgIpc) is 3.71. The molecule has 14 heteroatoms. The monoisotopic (exact) mass is 857 g/mol. The van der Waals surface area contributed by atoms with Crippen molar-refractivity contribution in [1.29, 1.82) is 0 Å². The van der Waals surface area contributed by atoms with Gasteiger partial charge in [0.05, 0.1) is 24.4 Å². The average molecular weight is 858 g/mol. The summed E-state index contributed by atoms with van der Waals surface area (Å²) in [7, 11) is 0. The summed E-state index contributed by atoms with van der Waals surface area (Å²) < 4.78 is 12.0. The first-order valence-corrected chi connectivity index (χ1v) is 22.3. The molecule has 1 unspecified atom stereocenters. The van der Waals surface area contributed by atoms with E-state index in [1.807, 2.05) is 19.9 Å². The zero-order valence-corrected chi connectivity index (χ0v) is 37.0. The molecule has 342 valence electrons. The number of rotatable bonds is 3. The van der Waals surface area contributed by atoms with Crippen LogP contribution in [0.2, 0.25) is 0 Å². The topological polar surface area (TPSA) is 228 Å². The lowest BCUT2D eigenvalue weighted by molar-refractivity contribution is -0.265. The zero-order valence-electron chi connectivity index (χ0n) is 37.0. The fourth-order valence-corrected chi connectivity index (χ4v) is 9.23. The van der Waals surface area contributed by atoms with Crippen LogP contribution in [0.3, 0.4) is 0 Å². The van der Waals surface area contributed by atoms with Gasteiger partial charge in [-0.15, -0.1) is 0 Å². The molecule has 0 spiro atoms. The largest absolute Gasteiger partial charge is 0.460 e. The molecule has 1 amide bonds. The number of fused-ring (bicyclic) bond motifs is 3. The van der Waals surface area contributed by atoms with Crippen LogP contribution in [0.25, 0.3) is 0 Å². The van der Waals surface area contributed by atoms with Gasteiger partial charge in [0.2, 0.25) is 5.79 Å². The van der Waals surface area contributed by atoms with E-state index in [0.29, 0.717) is 56.9 Å². The number of ether oxygens (including phenoxy) is 2. The van der Waals surface area contributed by atoms with Crippen molar-refractivity contribution in [3.63, 3.8) is 0 Å². The Morgan fingerprint density at radius 1 is 0.820 bits per heavy atom. The highest BCUT2D eigenvalue weighted by Crippen LogP contribution is 2.37. The van der Waals surface area contributed by atoms with Gasteiger partial charge in [0.25, 0.3) is 11.7 Å². The maximum absolute atomic E-state index is 14.0. The van der Waals surface area contributed by atoms with Gasteiger partial charge in [0.1, 0.15) is 30.1 Å². The van der Waals surface area contributed by atoms with Crippen molar-refractivity contribution >= 4 is 29.2 Å². The van der Waals surface area contributed by atoms with E-state index in [2.05, 4.69) is 0 Å². The molecule has 0 aromatic rings. The van der Waals surface area contributed by atoms with Gasteiger partial charge in [-0.1, -0.05) is 71.1 Å². The van der Waals surface area contributed by atoms with Crippen LogP contribution >= 0.6 is 0 Å². The minimum absolute atomic E-state index is 0.0333. The van der Waals surface area contributed by atoms with E-state index < -0.39 is 102 Å². The number of ketones is 3. The van der Waals surface area contributed by atoms with E-state index in [1.165, 1.54) is 13.0 Å². The van der Waals surface area contributed by atoms with E-state index in [9.17, 15) is 54.6 Å². The molecule has 0 radical (unpaired) electrons. The number of nitrogens with zero attached hydrogens (tertiary/aromatic N) is 1. The highest BCUT2D eigenvalue weighted by molar-refractivity contribution is 6.39. The summed E-state index contributed by atoms with van der Waals surface area (Å²) in [6, 6.07) is -1.18. The van der Waals surface area contributed by atoms with Crippen LogP contribution < -0.4 is 0 Å². The van der Waals surface area contributed by atoms with Gasteiger partial charge in [-0.3, -0.25) is 19.2 Å². The first-order chi connectivity index (χ1) is 28.6. The summed E-state index contributed by atoms with van der Waals surface area (Å²) in [4.78, 5) is 70.1. The lowest BCUT2D eigenvalue weighted by Crippen LogP contribution is -2.59. The van der Waals surface area contributed by atoms with Crippen molar-refractivity contribution in [3.8, 4) is 0 Å². The Morgan fingerprint density at radius 2 is 1.52 bits per heavy atom. The molecule has 14 nitrogen and oxygen atoms in total. The fourth-order valence-electron chi connectivity index (χ4n) is 9.23. The number of carbonyl (C=O) groups is 5. The van der Waals surface area contributed by atoms with Crippen molar-refractivity contribution in [1.82, 2.24) is 4.90 Å². The number of hydrogen-bond acceptors (Lipinski definition) is 13. The van der Waals surface area contributed by atoms with Crippen molar-refractivity contribution in [2.75, 3.05) is 6.54 Å². The molecule has 1 saturated carbocycles. The summed E-state index contributed by atoms with van der Waals surface area (Å²) in [6.07, 6.45) is 5.94. The maximum Gasteiger partial charge on any atom is 0.329 e. The lowest BCUT2D eigenvalue weighted by atomic mass is 9.78. The first-order valence-electron chi connectivity index (χ1n) is 22.3. The van der Waals surface area contributed by atoms with E-state index in [-0.39, 0.29) is 49.0 Å². The fraction of sp³-hybridized carbons (Fsp3) is 0.723. The highest BCUT2D eigenvalue weighted by atomic mass is 16.6. The number of amides is 1. The number of aliphatic hydroxyl groups excluding tert-OH is 5. The maximum atomic E-state index is 14.0. The molecule has 6 N–H and O–H groups in total. The van der Waals surface area contributed by atoms with Crippen molar-refractivity contribution in [3.05, 3.63) is 47.6 Å². The number of allylic oxidation sites excluding steroid dienone is 6. The molecule has 3 fully saturated rings. The lowest BCUT2D eigenvalue weighted by Gasteiger charge is -2.41. The van der Waals surface area contributed by atoms with Gasteiger partial charge < -0.3 is 45.0 Å². The Morgan fingerprint density at radius 3 is 2.21 bits per heavy atom. The van der Waals surface area contributed by atoms with Crippen molar-refractivity contribution in [2.24, 2.45) is 35.5 Å². The Balaban J connectivity index is 1.65. The summed E-state index contributed by atoms with van der Waals surface area (Å²) in [5, 5.41) is 65.1. The summed E-state index contributed by atoms with van der Waals surface area (Å²) >= 11 is 0. The molecular weight excluding hydrogens is 787 g/mol. The number of hydrogen-bond donors (Lipinski definition) is 6. The molecule has 3 heterocycles. The second-order valence-corrected chi connectivity index (χ2v) is 18.6. The van der Waals surface area contributed by atoms with Gasteiger partial charge in [-0.05, 0) is 101 Å². The normalized spacial score (nSPS) is 42.1. The predicted octanol–water partition coefficient (Wildman–Crippen LogP) is 3.83. The van der Waals surface area contributed by atoms with Gasteiger partial charge in [-0.2, -0.15) is 0 Å². The minimum Gasteiger partial charge on any atom is -0.460 e. The summed E-state index contributed by atoms with van der Waals surface area (Å²) in [6.45, 7) is 11.9. The van der Waals surface area contributed by atoms with Gasteiger partial charge in [-0.25, -0.2) is 4.79 Å². The summed E-state index contributed by atoms with van der Waals surface area (Å²) in [5.74, 6) is -9.21. The SMILES string of the molecule is C/C1=C\[C@@H](C)C(=O)C[C@@H]([C@H](C)C[C@@H]2CC[C@@H](O)[C@H](O)C2)OC(=O)C2CCCN2C(=O)C(=O)[C@]2(O)O[C@@H](CC[C@H]2C)C[C@H](O)/C(C)=C/C=C/C=C/[C@@H](C)C[C@@H](C)C(=O)[C@H](O)[C@@H]1O. The van der Waals surface area contributed by atoms with Gasteiger partial charge >= 0.3 is 5.97 Å². The smallest absolute Gasteiger partial charge is 0.329 e. The Kier molecular flexibility index (Phi) is 18.4. The van der Waals surface area contributed by atoms with Crippen molar-refractivity contribution in [2.45, 2.75) is 174 Å². The summed E-state index contributed by atoms with van der Waals surface area (Å²) in [5.41, 5.74) is 0.818. The molecule has 61 heavy (non-hydrogen) atoms. The predicted molar refractivity (Wildman–Crippen MR) is 226 cm³/mol. The van der Waals surface area contributed by atoms with E-state index in [0.717, 1.165) is 4.90 Å². The van der Waals surface area contributed by atoms with Crippen LogP contribution in [0.15, 0.2) is 47.6 Å². The zero-order chi connectivity index (χ0) is 45.3. The molecule has 15 atom stereocenters. The van der Waals surface area contributed by atoms with Crippen LogP contribution in [-0.4, -0.2) is 126 Å². The second kappa shape index (κ2) is 22.3. The van der Waals surface area contributed by atoms with Crippen molar-refractivity contribution < 1.29 is 64.1 Å². The van der Waals surface area contributed by atoms with Crippen LogP contribution in [0.1, 0.15) is 119 Å². The van der Waals surface area contributed by atoms with Crippen LogP contribution in [-0.2, 0) is 33.4 Å². The number of Topliss-reactive ketones (excluding diaryl/α,β-unsaturated/α-hetero) is 3. The molecular formula is C47H71NO13. The van der Waals surface area contributed by atoms with E-state index in [4.69, 9.17) is 9.47 Å². The van der Waals surface area contributed by atoms with Crippen LogP contribution in [0.4, 0.5) is 0 Å². The van der Waals surface area contributed by atoms with E-state index >= 15 is 0 Å². The van der Waals surface area contributed by atoms with Crippen LogP contribution in [0, 0.1) is 35.5 Å². The first kappa shape index (κ1) is 50.3. The Hall–Kier alpha value is -3.37. The molecule has 3 aliphatic heterocycles. The third-order valence-electron chi connectivity index (χ3n) is 13.5. The molecule has 1 aliphatic carbocycles. The Bertz CT molecular complexity index is 1690.